The lowest BCUT2D eigenvalue weighted by atomic mass is 9.72. The van der Waals surface area contributed by atoms with Crippen LogP contribution in [0, 0.1) is 5.92 Å². The number of allylic oxidation sites excluding steroid dienone is 2. The van der Waals surface area contributed by atoms with E-state index in [1.807, 2.05) is 12.1 Å². The third-order valence-electron chi connectivity index (χ3n) is 5.79. The van der Waals surface area contributed by atoms with Crippen LogP contribution in [0.4, 0.5) is 0 Å². The molecular formula is C23H20BrClO3. The predicted molar refractivity (Wildman–Crippen MR) is 113 cm³/mol. The molecule has 28 heavy (non-hydrogen) atoms. The van der Waals surface area contributed by atoms with E-state index < -0.39 is 0 Å². The van der Waals surface area contributed by atoms with Crippen molar-refractivity contribution in [1.82, 2.24) is 0 Å². The number of rotatable bonds is 4. The molecule has 1 fully saturated rings. The smallest absolute Gasteiger partial charge is 0.228 e. The van der Waals surface area contributed by atoms with E-state index in [2.05, 4.69) is 28.1 Å². The number of carbonyl (C=O) groups excluding carboxylic acids is 2. The van der Waals surface area contributed by atoms with E-state index in [0.717, 1.165) is 30.7 Å². The summed E-state index contributed by atoms with van der Waals surface area (Å²) in [6.07, 6.45) is 3.67. The van der Waals surface area contributed by atoms with Gasteiger partial charge in [0, 0.05) is 21.7 Å². The molecule has 2 aliphatic rings. The van der Waals surface area contributed by atoms with Gasteiger partial charge in [-0.05, 0) is 71.1 Å². The number of alkyl halides is 1. The highest BCUT2D eigenvalue weighted by Gasteiger charge is 2.38. The molecule has 0 aliphatic heterocycles. The van der Waals surface area contributed by atoms with Crippen LogP contribution in [0.15, 0.2) is 59.9 Å². The molecular weight excluding hydrogens is 440 g/mol. The Bertz CT molecular complexity index is 941. The molecule has 5 heteroatoms. The Balaban J connectivity index is 1.60. The quantitative estimate of drug-likeness (QED) is 0.503. The maximum atomic E-state index is 13.2. The number of hydrogen-bond acceptors (Lipinski definition) is 3. The highest BCUT2D eigenvalue weighted by atomic mass is 79.9. The number of benzene rings is 2. The highest BCUT2D eigenvalue weighted by molar-refractivity contribution is 9.09. The van der Waals surface area contributed by atoms with Gasteiger partial charge in [-0.2, -0.15) is 0 Å². The second kappa shape index (κ2) is 8.22. The van der Waals surface area contributed by atoms with Gasteiger partial charge >= 0.3 is 0 Å². The summed E-state index contributed by atoms with van der Waals surface area (Å²) in [4.78, 5) is 26.2. The Labute approximate surface area is 177 Å². The maximum absolute atomic E-state index is 13.2. The molecule has 0 amide bonds. The first-order valence-electron chi connectivity index (χ1n) is 9.47. The van der Waals surface area contributed by atoms with Gasteiger partial charge in [0.05, 0.1) is 0 Å². The van der Waals surface area contributed by atoms with Crippen LogP contribution < -0.4 is 0 Å². The summed E-state index contributed by atoms with van der Waals surface area (Å²) in [5.41, 5.74) is 2.95. The summed E-state index contributed by atoms with van der Waals surface area (Å²) in [7, 11) is 0. The first kappa shape index (κ1) is 19.4. The van der Waals surface area contributed by atoms with E-state index in [1.54, 1.807) is 24.3 Å². The molecule has 0 unspecified atom stereocenters. The lowest BCUT2D eigenvalue weighted by Crippen LogP contribution is -2.29. The van der Waals surface area contributed by atoms with E-state index in [1.165, 1.54) is 5.56 Å². The molecule has 0 bridgehead atoms. The first-order chi connectivity index (χ1) is 13.6. The fourth-order valence-corrected chi connectivity index (χ4v) is 4.75. The Morgan fingerprint density at radius 3 is 2.04 bits per heavy atom. The molecule has 0 atom stereocenters. The van der Waals surface area contributed by atoms with Gasteiger partial charge in [-0.1, -0.05) is 48.0 Å². The van der Waals surface area contributed by atoms with Crippen molar-refractivity contribution in [3.8, 4) is 0 Å². The summed E-state index contributed by atoms with van der Waals surface area (Å²) in [6, 6.07) is 15.0. The van der Waals surface area contributed by atoms with Crippen molar-refractivity contribution in [2.75, 3.05) is 5.52 Å². The van der Waals surface area contributed by atoms with Crippen LogP contribution in [0.2, 0.25) is 5.02 Å². The number of fused-ring (bicyclic) bond motifs is 1. The molecule has 0 N–H and O–H groups in total. The van der Waals surface area contributed by atoms with Crippen molar-refractivity contribution < 1.29 is 14.3 Å². The van der Waals surface area contributed by atoms with Gasteiger partial charge in [0.15, 0.2) is 11.5 Å². The molecule has 4 rings (SSSR count). The number of halogens is 2. The van der Waals surface area contributed by atoms with E-state index >= 15 is 0 Å². The molecule has 0 radical (unpaired) electrons. The zero-order valence-electron chi connectivity index (χ0n) is 15.3. The lowest BCUT2D eigenvalue weighted by molar-refractivity contribution is 0.0885. The van der Waals surface area contributed by atoms with Gasteiger partial charge in [-0.25, -0.2) is 0 Å². The minimum absolute atomic E-state index is 0.0439. The van der Waals surface area contributed by atoms with E-state index in [9.17, 15) is 9.59 Å². The average Bonchev–Trinajstić information content (AvgIpc) is 2.73. The maximum Gasteiger partial charge on any atom is 0.228 e. The van der Waals surface area contributed by atoms with Gasteiger partial charge in [-0.3, -0.25) is 9.59 Å². The topological polar surface area (TPSA) is 43.4 Å². The van der Waals surface area contributed by atoms with Crippen molar-refractivity contribution in [2.24, 2.45) is 5.92 Å². The molecule has 2 aliphatic carbocycles. The Morgan fingerprint density at radius 2 is 1.43 bits per heavy atom. The van der Waals surface area contributed by atoms with Gasteiger partial charge in [0.2, 0.25) is 5.78 Å². The highest BCUT2D eigenvalue weighted by Crippen LogP contribution is 2.42. The van der Waals surface area contributed by atoms with E-state index in [0.29, 0.717) is 22.6 Å². The molecule has 2 aromatic rings. The number of carbonyl (C=O) groups is 2. The molecule has 2 aromatic carbocycles. The molecule has 144 valence electrons. The minimum Gasteiger partial charge on any atom is -0.478 e. The minimum atomic E-state index is -0.190. The van der Waals surface area contributed by atoms with Gasteiger partial charge in [-0.15, -0.1) is 0 Å². The van der Waals surface area contributed by atoms with Gasteiger partial charge in [0.25, 0.3) is 0 Å². The standard InChI is InChI=1S/C23H20BrClO3/c24-13-28-23-20(21(26)18-3-1-2-4-19(18)22(23)27)16-7-5-14(6-8-16)15-9-11-17(25)12-10-15/h1-4,9-12,14,16H,5-8,13H2. The Kier molecular flexibility index (Phi) is 5.70. The Morgan fingerprint density at radius 1 is 0.857 bits per heavy atom. The summed E-state index contributed by atoms with van der Waals surface area (Å²) in [5.74, 6) is 0.458. The molecule has 1 saturated carbocycles. The van der Waals surface area contributed by atoms with Crippen LogP contribution in [0.1, 0.15) is 57.9 Å². The summed E-state index contributed by atoms with van der Waals surface area (Å²) < 4.78 is 5.62. The first-order valence-corrected chi connectivity index (χ1v) is 11.0. The fraction of sp³-hybridized carbons (Fsp3) is 0.304. The van der Waals surface area contributed by atoms with E-state index in [4.69, 9.17) is 16.3 Å². The molecule has 0 saturated heterocycles. The SMILES string of the molecule is O=C1C(OCBr)=C(C2CCC(c3ccc(Cl)cc3)CC2)C(=O)c2ccccc21. The molecule has 0 heterocycles. The largest absolute Gasteiger partial charge is 0.478 e. The predicted octanol–water partition coefficient (Wildman–Crippen LogP) is 6.32. The molecule has 0 spiro atoms. The number of Topliss-reactive ketones (excluding diaryl/α,β-unsaturated/α-hetero) is 2. The number of ether oxygens (including phenoxy) is 1. The normalized spacial score (nSPS) is 22.2. The Hall–Kier alpha value is -1.91. The zero-order chi connectivity index (χ0) is 19.7. The van der Waals surface area contributed by atoms with Crippen molar-refractivity contribution in [3.05, 3.63) is 81.6 Å². The van der Waals surface area contributed by atoms with Crippen LogP contribution in [0.5, 0.6) is 0 Å². The second-order valence-corrected chi connectivity index (χ2v) is 8.19. The summed E-state index contributed by atoms with van der Waals surface area (Å²) in [6.45, 7) is 0. The third kappa shape index (κ3) is 3.56. The number of ketones is 2. The monoisotopic (exact) mass is 458 g/mol. The van der Waals surface area contributed by atoms with Crippen LogP contribution in [-0.2, 0) is 4.74 Å². The van der Waals surface area contributed by atoms with E-state index in [-0.39, 0.29) is 28.8 Å². The molecule has 0 aromatic heterocycles. The van der Waals surface area contributed by atoms with Crippen LogP contribution in [-0.4, -0.2) is 17.1 Å². The average molecular weight is 460 g/mol. The van der Waals surface area contributed by atoms with Gasteiger partial charge in [0.1, 0.15) is 5.52 Å². The second-order valence-electron chi connectivity index (χ2n) is 7.30. The van der Waals surface area contributed by atoms with Crippen molar-refractivity contribution in [3.63, 3.8) is 0 Å². The van der Waals surface area contributed by atoms with Crippen molar-refractivity contribution >= 4 is 39.1 Å². The third-order valence-corrected chi connectivity index (χ3v) is 6.27. The van der Waals surface area contributed by atoms with Crippen LogP contribution in [0.25, 0.3) is 0 Å². The zero-order valence-corrected chi connectivity index (χ0v) is 17.6. The van der Waals surface area contributed by atoms with Crippen LogP contribution in [0.3, 0.4) is 0 Å². The number of hydrogen-bond donors (Lipinski definition) is 0. The fourth-order valence-electron chi connectivity index (χ4n) is 4.39. The lowest BCUT2D eigenvalue weighted by Gasteiger charge is -2.32. The van der Waals surface area contributed by atoms with Crippen LogP contribution >= 0.6 is 27.5 Å². The van der Waals surface area contributed by atoms with Crippen molar-refractivity contribution in [2.45, 2.75) is 31.6 Å². The molecule has 3 nitrogen and oxygen atoms in total. The van der Waals surface area contributed by atoms with Gasteiger partial charge < -0.3 is 4.74 Å². The summed E-state index contributed by atoms with van der Waals surface area (Å²) in [5, 5.41) is 0.740. The van der Waals surface area contributed by atoms with Crippen molar-refractivity contribution in [1.29, 1.82) is 0 Å². The summed E-state index contributed by atoms with van der Waals surface area (Å²) >= 11 is 9.24.